The Morgan fingerprint density at radius 2 is 1.77 bits per heavy atom. The number of carboxylic acids is 1. The number of para-hydroxylation sites is 1. The van der Waals surface area contributed by atoms with Crippen LogP contribution >= 0.6 is 0 Å². The lowest BCUT2D eigenvalue weighted by Gasteiger charge is -2.25. The van der Waals surface area contributed by atoms with Gasteiger partial charge in [-0.15, -0.1) is 0 Å². The highest BCUT2D eigenvalue weighted by Crippen LogP contribution is 2.42. The predicted octanol–water partition coefficient (Wildman–Crippen LogP) is 4.53. The second-order valence-electron chi connectivity index (χ2n) is 8.57. The first kappa shape index (κ1) is 19.4. The third-order valence-corrected chi connectivity index (χ3v) is 6.53. The molecule has 0 spiro atoms. The van der Waals surface area contributed by atoms with Crippen molar-refractivity contribution in [1.82, 2.24) is 4.98 Å². The Morgan fingerprint density at radius 1 is 1.00 bits per heavy atom. The number of carbonyl (C=O) groups excluding carboxylic acids is 2. The zero-order valence-corrected chi connectivity index (χ0v) is 17.1. The molecule has 1 aliphatic carbocycles. The number of fused-ring (bicyclic) bond motifs is 2. The van der Waals surface area contributed by atoms with Gasteiger partial charge in [0.1, 0.15) is 0 Å². The number of aromatic nitrogens is 1. The molecule has 1 saturated heterocycles. The van der Waals surface area contributed by atoms with Gasteiger partial charge in [-0.25, -0.2) is 9.78 Å². The van der Waals surface area contributed by atoms with Crippen molar-refractivity contribution >= 4 is 34.4 Å². The number of carboxylic acid groups (broad SMARTS) is 1. The van der Waals surface area contributed by atoms with E-state index in [0.29, 0.717) is 33.8 Å². The fourth-order valence-electron chi connectivity index (χ4n) is 4.95. The van der Waals surface area contributed by atoms with E-state index in [-0.39, 0.29) is 29.2 Å². The van der Waals surface area contributed by atoms with Crippen molar-refractivity contribution in [3.63, 3.8) is 0 Å². The standard InChI is InChI=1S/C25H22N2O4/c1-14-9-10-18-19(11-14)24(29)27(23(18)28)16-6-4-5-15(12-16)22-13-20(25(30)31)17-7-2-3-8-21(17)26-22/h2-8,12-14,18-19H,9-11H2,1H3,(H,30,31)/t14-,18-,19-/m1/s1. The number of imide groups is 1. The average molecular weight is 414 g/mol. The molecule has 3 atom stereocenters. The van der Waals surface area contributed by atoms with Gasteiger partial charge in [0.15, 0.2) is 0 Å². The monoisotopic (exact) mass is 414 g/mol. The van der Waals surface area contributed by atoms with Crippen LogP contribution in [0.5, 0.6) is 0 Å². The van der Waals surface area contributed by atoms with Crippen molar-refractivity contribution in [3.05, 3.63) is 60.2 Å². The molecule has 5 rings (SSSR count). The van der Waals surface area contributed by atoms with E-state index in [1.165, 1.54) is 4.90 Å². The minimum absolute atomic E-state index is 0.128. The summed E-state index contributed by atoms with van der Waals surface area (Å²) in [6.45, 7) is 2.13. The number of pyridine rings is 1. The molecular weight excluding hydrogens is 392 g/mol. The average Bonchev–Trinajstić information content (AvgIpc) is 3.02. The molecule has 2 aromatic carbocycles. The van der Waals surface area contributed by atoms with Crippen LogP contribution in [0.2, 0.25) is 0 Å². The predicted molar refractivity (Wildman–Crippen MR) is 117 cm³/mol. The lowest BCUT2D eigenvalue weighted by Crippen LogP contribution is -2.30. The fourth-order valence-corrected chi connectivity index (χ4v) is 4.95. The van der Waals surface area contributed by atoms with E-state index in [2.05, 4.69) is 11.9 Å². The van der Waals surface area contributed by atoms with Crippen LogP contribution in [0, 0.1) is 17.8 Å². The first-order valence-electron chi connectivity index (χ1n) is 10.6. The summed E-state index contributed by atoms with van der Waals surface area (Å²) in [7, 11) is 0. The number of nitrogens with zero attached hydrogens (tertiary/aromatic N) is 2. The zero-order chi connectivity index (χ0) is 21.7. The summed E-state index contributed by atoms with van der Waals surface area (Å²) in [6, 6.07) is 15.7. The van der Waals surface area contributed by atoms with Gasteiger partial charge in [-0.2, -0.15) is 0 Å². The molecule has 0 radical (unpaired) electrons. The van der Waals surface area contributed by atoms with Gasteiger partial charge in [0, 0.05) is 10.9 Å². The van der Waals surface area contributed by atoms with E-state index in [1.807, 2.05) is 12.1 Å². The van der Waals surface area contributed by atoms with Gasteiger partial charge in [0.05, 0.1) is 34.3 Å². The summed E-state index contributed by atoms with van der Waals surface area (Å²) in [5, 5.41) is 10.2. The Labute approximate surface area is 179 Å². The third-order valence-electron chi connectivity index (χ3n) is 6.53. The molecule has 6 heteroatoms. The topological polar surface area (TPSA) is 87.6 Å². The summed E-state index contributed by atoms with van der Waals surface area (Å²) < 4.78 is 0. The molecule has 2 fully saturated rings. The first-order valence-corrected chi connectivity index (χ1v) is 10.6. The van der Waals surface area contributed by atoms with Crippen molar-refractivity contribution in [2.24, 2.45) is 17.8 Å². The molecule has 0 unspecified atom stereocenters. The lowest BCUT2D eigenvalue weighted by atomic mass is 9.76. The fraction of sp³-hybridized carbons (Fsp3) is 0.280. The van der Waals surface area contributed by atoms with Crippen LogP contribution in [0.3, 0.4) is 0 Å². The van der Waals surface area contributed by atoms with Gasteiger partial charge < -0.3 is 5.11 Å². The maximum Gasteiger partial charge on any atom is 0.336 e. The molecule has 1 aliphatic heterocycles. The van der Waals surface area contributed by atoms with Gasteiger partial charge >= 0.3 is 5.97 Å². The minimum Gasteiger partial charge on any atom is -0.478 e. The molecule has 0 bridgehead atoms. The maximum atomic E-state index is 13.1. The molecule has 3 aromatic rings. The Bertz CT molecular complexity index is 1240. The number of hydrogen-bond donors (Lipinski definition) is 1. The summed E-state index contributed by atoms with van der Waals surface area (Å²) in [5.74, 6) is -1.31. The second kappa shape index (κ2) is 7.30. The number of carbonyl (C=O) groups is 3. The molecule has 1 aromatic heterocycles. The highest BCUT2D eigenvalue weighted by atomic mass is 16.4. The van der Waals surface area contributed by atoms with Crippen LogP contribution < -0.4 is 4.90 Å². The summed E-state index contributed by atoms with van der Waals surface area (Å²) in [6.07, 6.45) is 2.47. The number of hydrogen-bond acceptors (Lipinski definition) is 4. The number of aromatic carboxylic acids is 1. The second-order valence-corrected chi connectivity index (χ2v) is 8.57. The molecular formula is C25H22N2O4. The lowest BCUT2D eigenvalue weighted by molar-refractivity contribution is -0.122. The number of amides is 2. The van der Waals surface area contributed by atoms with Crippen molar-refractivity contribution in [3.8, 4) is 11.3 Å². The summed E-state index contributed by atoms with van der Waals surface area (Å²) >= 11 is 0. The smallest absolute Gasteiger partial charge is 0.336 e. The van der Waals surface area contributed by atoms with E-state index in [0.717, 1.165) is 19.3 Å². The highest BCUT2D eigenvalue weighted by Gasteiger charge is 2.49. The maximum absolute atomic E-state index is 13.1. The molecule has 1 saturated carbocycles. The van der Waals surface area contributed by atoms with Gasteiger partial charge in [-0.3, -0.25) is 14.5 Å². The SMILES string of the molecule is C[C@@H]1CC[C@H]2C(=O)N(c3cccc(-c4cc(C(=O)O)c5ccccc5n4)c3)C(=O)[C@@H]2C1. The largest absolute Gasteiger partial charge is 0.478 e. The highest BCUT2D eigenvalue weighted by molar-refractivity contribution is 6.22. The van der Waals surface area contributed by atoms with Crippen LogP contribution in [0.15, 0.2) is 54.6 Å². The molecule has 2 amide bonds. The van der Waals surface area contributed by atoms with E-state index in [1.54, 1.807) is 42.5 Å². The van der Waals surface area contributed by atoms with E-state index in [9.17, 15) is 19.5 Å². The van der Waals surface area contributed by atoms with Gasteiger partial charge in [-0.1, -0.05) is 37.3 Å². The zero-order valence-electron chi connectivity index (χ0n) is 17.1. The molecule has 6 nitrogen and oxygen atoms in total. The van der Waals surface area contributed by atoms with Crippen molar-refractivity contribution in [1.29, 1.82) is 0 Å². The molecule has 31 heavy (non-hydrogen) atoms. The Kier molecular flexibility index (Phi) is 4.58. The molecule has 2 aliphatic rings. The van der Waals surface area contributed by atoms with Crippen LogP contribution in [0.4, 0.5) is 5.69 Å². The summed E-state index contributed by atoms with van der Waals surface area (Å²) in [5.41, 5.74) is 2.41. The quantitative estimate of drug-likeness (QED) is 0.637. The van der Waals surface area contributed by atoms with Gasteiger partial charge in [-0.05, 0) is 49.4 Å². The first-order chi connectivity index (χ1) is 14.9. The molecule has 156 valence electrons. The summed E-state index contributed by atoms with van der Waals surface area (Å²) in [4.78, 5) is 43.9. The van der Waals surface area contributed by atoms with Crippen molar-refractivity contribution < 1.29 is 19.5 Å². The molecule has 2 heterocycles. The molecule has 1 N–H and O–H groups in total. The van der Waals surface area contributed by atoms with Gasteiger partial charge in [0.2, 0.25) is 11.8 Å². The normalized spacial score (nSPS) is 23.3. The number of rotatable bonds is 3. The number of anilines is 1. The van der Waals surface area contributed by atoms with E-state index in [4.69, 9.17) is 0 Å². The van der Waals surface area contributed by atoms with Crippen LogP contribution in [0.25, 0.3) is 22.2 Å². The van der Waals surface area contributed by atoms with Crippen molar-refractivity contribution in [2.75, 3.05) is 4.90 Å². The minimum atomic E-state index is -1.03. The van der Waals surface area contributed by atoms with Gasteiger partial charge in [0.25, 0.3) is 0 Å². The van der Waals surface area contributed by atoms with E-state index < -0.39 is 5.97 Å². The Hall–Kier alpha value is -3.54. The van der Waals surface area contributed by atoms with E-state index >= 15 is 0 Å². The number of benzene rings is 2. The Morgan fingerprint density at radius 3 is 2.58 bits per heavy atom. The van der Waals surface area contributed by atoms with Crippen LogP contribution in [0.1, 0.15) is 36.5 Å². The van der Waals surface area contributed by atoms with Crippen molar-refractivity contribution in [2.45, 2.75) is 26.2 Å². The Balaban J connectivity index is 1.57. The third kappa shape index (κ3) is 3.19. The van der Waals surface area contributed by atoms with Crippen LogP contribution in [-0.2, 0) is 9.59 Å². The van der Waals surface area contributed by atoms with Crippen LogP contribution in [-0.4, -0.2) is 27.9 Å².